The predicted molar refractivity (Wildman–Crippen MR) is 84.5 cm³/mol. The molecule has 2 amide bonds. The van der Waals surface area contributed by atoms with Gasteiger partial charge < -0.3 is 5.32 Å². The average Bonchev–Trinajstić information content (AvgIpc) is 2.54. The van der Waals surface area contributed by atoms with Crippen molar-refractivity contribution in [2.45, 2.75) is 13.3 Å². The lowest BCUT2D eigenvalue weighted by Crippen LogP contribution is -2.21. The lowest BCUT2D eigenvalue weighted by molar-refractivity contribution is -0.115. The summed E-state index contributed by atoms with van der Waals surface area (Å²) in [6.07, 6.45) is 3.16. The van der Waals surface area contributed by atoms with Crippen molar-refractivity contribution < 1.29 is 9.59 Å². The fourth-order valence-corrected chi connectivity index (χ4v) is 1.71. The summed E-state index contributed by atoms with van der Waals surface area (Å²) < 4.78 is 0. The maximum absolute atomic E-state index is 11.8. The molecular formula is C16H16N4O2. The molecule has 0 aliphatic rings. The number of anilines is 1. The second-order valence-corrected chi connectivity index (χ2v) is 4.61. The standard InChI is InChI=1S/C16H16N4O2/c1-12(11-15(21)18-14-5-3-2-4-6-14)19-20-16(22)13-7-9-17-10-8-13/h2-10H,11H2,1H3,(H,18,21)(H,20,22)/b19-12+. The van der Waals surface area contributed by atoms with E-state index in [-0.39, 0.29) is 18.2 Å². The van der Waals surface area contributed by atoms with Crippen LogP contribution in [0.4, 0.5) is 5.69 Å². The summed E-state index contributed by atoms with van der Waals surface area (Å²) in [5.74, 6) is -0.532. The number of pyridine rings is 1. The number of benzene rings is 1. The second-order valence-electron chi connectivity index (χ2n) is 4.61. The minimum atomic E-state index is -0.342. The molecular weight excluding hydrogens is 280 g/mol. The molecule has 0 spiro atoms. The predicted octanol–water partition coefficient (Wildman–Crippen LogP) is 2.22. The van der Waals surface area contributed by atoms with E-state index in [9.17, 15) is 9.59 Å². The van der Waals surface area contributed by atoms with Crippen molar-refractivity contribution in [2.24, 2.45) is 5.10 Å². The van der Waals surface area contributed by atoms with Gasteiger partial charge >= 0.3 is 0 Å². The number of nitrogens with one attached hydrogen (secondary N) is 2. The molecule has 0 atom stereocenters. The Morgan fingerprint density at radius 2 is 1.77 bits per heavy atom. The first-order chi connectivity index (χ1) is 10.6. The first-order valence-electron chi connectivity index (χ1n) is 6.73. The second kappa shape index (κ2) is 7.68. The fourth-order valence-electron chi connectivity index (χ4n) is 1.71. The van der Waals surface area contributed by atoms with Crippen molar-refractivity contribution >= 4 is 23.2 Å². The molecule has 6 nitrogen and oxygen atoms in total. The minimum Gasteiger partial charge on any atom is -0.326 e. The number of hydrogen-bond donors (Lipinski definition) is 2. The van der Waals surface area contributed by atoms with Crippen molar-refractivity contribution in [3.8, 4) is 0 Å². The van der Waals surface area contributed by atoms with Gasteiger partial charge in [0, 0.05) is 29.4 Å². The van der Waals surface area contributed by atoms with Gasteiger partial charge in [0.05, 0.1) is 6.42 Å². The lowest BCUT2D eigenvalue weighted by Gasteiger charge is -2.05. The van der Waals surface area contributed by atoms with E-state index >= 15 is 0 Å². The average molecular weight is 296 g/mol. The highest BCUT2D eigenvalue weighted by Crippen LogP contribution is 2.05. The molecule has 0 unspecified atom stereocenters. The zero-order chi connectivity index (χ0) is 15.8. The normalized spacial score (nSPS) is 10.9. The summed E-state index contributed by atoms with van der Waals surface area (Å²) in [4.78, 5) is 27.4. The number of rotatable bonds is 5. The van der Waals surface area contributed by atoms with Crippen LogP contribution in [0, 0.1) is 0 Å². The van der Waals surface area contributed by atoms with E-state index in [0.29, 0.717) is 11.3 Å². The molecule has 0 fully saturated rings. The number of carbonyl (C=O) groups is 2. The summed E-state index contributed by atoms with van der Waals surface area (Å²) in [7, 11) is 0. The van der Waals surface area contributed by atoms with Crippen LogP contribution >= 0.6 is 0 Å². The molecule has 2 aromatic rings. The van der Waals surface area contributed by atoms with E-state index in [1.807, 2.05) is 18.2 Å². The van der Waals surface area contributed by atoms with Crippen molar-refractivity contribution in [1.82, 2.24) is 10.4 Å². The number of hydrogen-bond acceptors (Lipinski definition) is 4. The maximum Gasteiger partial charge on any atom is 0.271 e. The number of carbonyl (C=O) groups excluding carboxylic acids is 2. The summed E-state index contributed by atoms with van der Waals surface area (Å²) in [5.41, 5.74) is 4.10. The molecule has 0 saturated heterocycles. The van der Waals surface area contributed by atoms with Crippen LogP contribution < -0.4 is 10.7 Å². The first-order valence-corrected chi connectivity index (χ1v) is 6.73. The van der Waals surface area contributed by atoms with Crippen molar-refractivity contribution in [3.05, 3.63) is 60.4 Å². The Balaban J connectivity index is 1.85. The monoisotopic (exact) mass is 296 g/mol. The number of nitrogens with zero attached hydrogens (tertiary/aromatic N) is 2. The van der Waals surface area contributed by atoms with Crippen LogP contribution in [0.2, 0.25) is 0 Å². The van der Waals surface area contributed by atoms with Crippen LogP contribution in [0.15, 0.2) is 60.0 Å². The maximum atomic E-state index is 11.8. The topological polar surface area (TPSA) is 83.5 Å². The van der Waals surface area contributed by atoms with Gasteiger partial charge in [0.1, 0.15) is 0 Å². The molecule has 0 radical (unpaired) electrons. The SMILES string of the molecule is C/C(CC(=O)Nc1ccccc1)=N\NC(=O)c1ccncc1. The minimum absolute atomic E-state index is 0.103. The van der Waals surface area contributed by atoms with Gasteiger partial charge in [-0.2, -0.15) is 5.10 Å². The van der Waals surface area contributed by atoms with Crippen LogP contribution in [0.1, 0.15) is 23.7 Å². The van der Waals surface area contributed by atoms with Gasteiger partial charge in [-0.1, -0.05) is 18.2 Å². The van der Waals surface area contributed by atoms with Gasteiger partial charge in [-0.05, 0) is 31.2 Å². The summed E-state index contributed by atoms with van der Waals surface area (Å²) in [5, 5.41) is 6.67. The molecule has 2 N–H and O–H groups in total. The van der Waals surface area contributed by atoms with E-state index in [2.05, 4.69) is 20.8 Å². The van der Waals surface area contributed by atoms with Crippen molar-refractivity contribution in [3.63, 3.8) is 0 Å². The Labute approximate surface area is 128 Å². The van der Waals surface area contributed by atoms with Crippen LogP contribution in [0.25, 0.3) is 0 Å². The van der Waals surface area contributed by atoms with Gasteiger partial charge in [0.25, 0.3) is 5.91 Å². The molecule has 2 rings (SSSR count). The van der Waals surface area contributed by atoms with E-state index in [0.717, 1.165) is 5.69 Å². The van der Waals surface area contributed by atoms with Gasteiger partial charge in [0.15, 0.2) is 0 Å². The fraction of sp³-hybridized carbons (Fsp3) is 0.125. The quantitative estimate of drug-likeness (QED) is 0.655. The Morgan fingerprint density at radius 1 is 1.09 bits per heavy atom. The molecule has 1 heterocycles. The van der Waals surface area contributed by atoms with Gasteiger partial charge in [0.2, 0.25) is 5.91 Å². The van der Waals surface area contributed by atoms with Gasteiger partial charge in [-0.15, -0.1) is 0 Å². The first kappa shape index (κ1) is 15.4. The van der Waals surface area contributed by atoms with E-state index in [1.54, 1.807) is 31.2 Å². The highest BCUT2D eigenvalue weighted by Gasteiger charge is 2.06. The Hall–Kier alpha value is -3.02. The zero-order valence-corrected chi connectivity index (χ0v) is 12.1. The van der Waals surface area contributed by atoms with Gasteiger partial charge in [-0.25, -0.2) is 5.43 Å². The number of hydrazone groups is 1. The third kappa shape index (κ3) is 4.82. The number of aromatic nitrogens is 1. The molecule has 0 saturated carbocycles. The number of para-hydroxylation sites is 1. The number of amides is 2. The Kier molecular flexibility index (Phi) is 5.37. The molecule has 1 aromatic heterocycles. The van der Waals surface area contributed by atoms with Crippen molar-refractivity contribution in [1.29, 1.82) is 0 Å². The van der Waals surface area contributed by atoms with Crippen LogP contribution in [0.3, 0.4) is 0 Å². The molecule has 6 heteroatoms. The smallest absolute Gasteiger partial charge is 0.271 e. The van der Waals surface area contributed by atoms with Crippen LogP contribution in [0.5, 0.6) is 0 Å². The lowest BCUT2D eigenvalue weighted by atomic mass is 10.2. The Bertz CT molecular complexity index is 669. The third-order valence-corrected chi connectivity index (χ3v) is 2.76. The molecule has 0 aliphatic heterocycles. The molecule has 1 aromatic carbocycles. The molecule has 112 valence electrons. The third-order valence-electron chi connectivity index (χ3n) is 2.76. The summed E-state index contributed by atoms with van der Waals surface area (Å²) >= 11 is 0. The summed E-state index contributed by atoms with van der Waals surface area (Å²) in [6.45, 7) is 1.68. The largest absolute Gasteiger partial charge is 0.326 e. The molecule has 0 aliphatic carbocycles. The van der Waals surface area contributed by atoms with E-state index < -0.39 is 0 Å². The van der Waals surface area contributed by atoms with Crippen LogP contribution in [-0.4, -0.2) is 22.5 Å². The van der Waals surface area contributed by atoms with Gasteiger partial charge in [-0.3, -0.25) is 14.6 Å². The molecule has 0 bridgehead atoms. The highest BCUT2D eigenvalue weighted by molar-refractivity contribution is 6.06. The highest BCUT2D eigenvalue weighted by atomic mass is 16.2. The van der Waals surface area contributed by atoms with E-state index in [1.165, 1.54) is 12.4 Å². The van der Waals surface area contributed by atoms with Crippen LogP contribution in [-0.2, 0) is 4.79 Å². The summed E-state index contributed by atoms with van der Waals surface area (Å²) in [6, 6.07) is 12.3. The zero-order valence-electron chi connectivity index (χ0n) is 12.1. The van der Waals surface area contributed by atoms with Crippen molar-refractivity contribution in [2.75, 3.05) is 5.32 Å². The Morgan fingerprint density at radius 3 is 2.45 bits per heavy atom. The molecule has 22 heavy (non-hydrogen) atoms. The van der Waals surface area contributed by atoms with E-state index in [4.69, 9.17) is 0 Å².